The van der Waals surface area contributed by atoms with Crippen LogP contribution in [0.4, 0.5) is 0 Å². The fraction of sp³-hybridized carbons (Fsp3) is 0.227. The zero-order valence-electron chi connectivity index (χ0n) is 15.0. The molecule has 0 heterocycles. The van der Waals surface area contributed by atoms with E-state index in [1.54, 1.807) is 7.11 Å². The summed E-state index contributed by atoms with van der Waals surface area (Å²) in [5.74, 6) is 0.664. The third kappa shape index (κ3) is 4.36. The monoisotopic (exact) mass is 367 g/mol. The second-order valence-corrected chi connectivity index (χ2v) is 6.80. The number of hydrogen-bond donors (Lipinski definition) is 1. The van der Waals surface area contributed by atoms with Gasteiger partial charge in [-0.15, -0.1) is 0 Å². The molecule has 1 atom stereocenters. The van der Waals surface area contributed by atoms with Gasteiger partial charge in [0.1, 0.15) is 5.75 Å². The van der Waals surface area contributed by atoms with Gasteiger partial charge in [0.2, 0.25) is 5.91 Å². The highest BCUT2D eigenvalue weighted by Gasteiger charge is 2.15. The molecule has 1 N–H and O–H groups in total. The number of ether oxygens (including phenoxy) is 1. The summed E-state index contributed by atoms with van der Waals surface area (Å²) >= 11 is 5.89. The first-order valence-electron chi connectivity index (χ1n) is 8.66. The smallest absolute Gasteiger partial charge is 0.227 e. The van der Waals surface area contributed by atoms with Crippen LogP contribution in [0.1, 0.15) is 24.0 Å². The van der Waals surface area contributed by atoms with Crippen LogP contribution in [-0.2, 0) is 11.2 Å². The summed E-state index contributed by atoms with van der Waals surface area (Å²) in [6, 6.07) is 19.7. The highest BCUT2D eigenvalue weighted by Crippen LogP contribution is 2.25. The Balaban J connectivity index is 1.62. The van der Waals surface area contributed by atoms with Crippen molar-refractivity contribution in [2.75, 3.05) is 13.7 Å². The van der Waals surface area contributed by atoms with Crippen LogP contribution in [0, 0.1) is 0 Å². The number of fused-ring (bicyclic) bond motifs is 1. The quantitative estimate of drug-likeness (QED) is 0.668. The van der Waals surface area contributed by atoms with Gasteiger partial charge in [0, 0.05) is 11.6 Å². The molecule has 3 aromatic rings. The highest BCUT2D eigenvalue weighted by atomic mass is 35.5. The van der Waals surface area contributed by atoms with Gasteiger partial charge in [-0.25, -0.2) is 0 Å². The minimum atomic E-state index is -0.202. The Hall–Kier alpha value is -2.52. The molecule has 0 spiro atoms. The number of carbonyl (C=O) groups is 1. The molecule has 0 unspecified atom stereocenters. The number of rotatable bonds is 6. The van der Waals surface area contributed by atoms with Crippen molar-refractivity contribution in [1.29, 1.82) is 0 Å². The van der Waals surface area contributed by atoms with Gasteiger partial charge >= 0.3 is 0 Å². The molecular weight excluding hydrogens is 346 g/mol. The SMILES string of the molecule is COc1ccc2cc([C@H](C)C(=O)NCCc3ccc(Cl)cc3)ccc2c1. The predicted molar refractivity (Wildman–Crippen MR) is 107 cm³/mol. The Morgan fingerprint density at radius 2 is 1.73 bits per heavy atom. The Morgan fingerprint density at radius 3 is 2.46 bits per heavy atom. The van der Waals surface area contributed by atoms with Gasteiger partial charge < -0.3 is 10.1 Å². The normalized spacial score (nSPS) is 12.0. The molecule has 3 nitrogen and oxygen atoms in total. The van der Waals surface area contributed by atoms with Crippen molar-refractivity contribution >= 4 is 28.3 Å². The standard InChI is InChI=1S/C22H22ClNO2/c1-15(22(25)24-12-11-16-3-8-20(23)9-4-16)17-5-6-19-14-21(26-2)10-7-18(19)13-17/h3-10,13-15H,11-12H2,1-2H3,(H,24,25)/t15-/m0/s1. The van der Waals surface area contributed by atoms with Crippen molar-refractivity contribution in [2.24, 2.45) is 0 Å². The largest absolute Gasteiger partial charge is 0.497 e. The van der Waals surface area contributed by atoms with E-state index in [0.29, 0.717) is 6.54 Å². The molecule has 0 fully saturated rings. The van der Waals surface area contributed by atoms with Crippen LogP contribution in [-0.4, -0.2) is 19.6 Å². The number of benzene rings is 3. The zero-order chi connectivity index (χ0) is 18.5. The maximum Gasteiger partial charge on any atom is 0.227 e. The summed E-state index contributed by atoms with van der Waals surface area (Å²) < 4.78 is 5.25. The van der Waals surface area contributed by atoms with Crippen molar-refractivity contribution < 1.29 is 9.53 Å². The Labute approximate surface area is 158 Å². The van der Waals surface area contributed by atoms with Crippen LogP contribution in [0.15, 0.2) is 60.7 Å². The van der Waals surface area contributed by atoms with Gasteiger partial charge in [-0.2, -0.15) is 0 Å². The first-order chi connectivity index (χ1) is 12.6. The van der Waals surface area contributed by atoms with E-state index < -0.39 is 0 Å². The molecule has 0 saturated heterocycles. The minimum absolute atomic E-state index is 0.0341. The Morgan fingerprint density at radius 1 is 1.04 bits per heavy atom. The molecule has 0 aliphatic carbocycles. The lowest BCUT2D eigenvalue weighted by Crippen LogP contribution is -2.29. The van der Waals surface area contributed by atoms with E-state index in [9.17, 15) is 4.79 Å². The summed E-state index contributed by atoms with van der Waals surface area (Å²) in [5.41, 5.74) is 2.16. The van der Waals surface area contributed by atoms with Crippen molar-refractivity contribution in [3.8, 4) is 5.75 Å². The lowest BCUT2D eigenvalue weighted by molar-refractivity contribution is -0.122. The molecule has 0 saturated carbocycles. The summed E-state index contributed by atoms with van der Waals surface area (Å²) in [5, 5.41) is 5.94. The van der Waals surface area contributed by atoms with E-state index in [-0.39, 0.29) is 11.8 Å². The lowest BCUT2D eigenvalue weighted by atomic mass is 9.97. The molecule has 4 heteroatoms. The third-order valence-electron chi connectivity index (χ3n) is 4.59. The first-order valence-corrected chi connectivity index (χ1v) is 9.04. The molecular formula is C22H22ClNO2. The first kappa shape index (κ1) is 18.3. The lowest BCUT2D eigenvalue weighted by Gasteiger charge is -2.14. The van der Waals surface area contributed by atoms with Crippen molar-refractivity contribution in [1.82, 2.24) is 5.32 Å². The van der Waals surface area contributed by atoms with E-state index in [0.717, 1.165) is 39.1 Å². The summed E-state index contributed by atoms with van der Waals surface area (Å²) in [4.78, 5) is 12.5. The van der Waals surface area contributed by atoms with Crippen LogP contribution in [0.5, 0.6) is 5.75 Å². The molecule has 0 aliphatic rings. The predicted octanol–water partition coefficient (Wildman–Crippen LogP) is 4.96. The van der Waals surface area contributed by atoms with Gasteiger partial charge in [-0.1, -0.05) is 48.0 Å². The fourth-order valence-corrected chi connectivity index (χ4v) is 3.05. The van der Waals surface area contributed by atoms with E-state index in [1.807, 2.05) is 61.5 Å². The topological polar surface area (TPSA) is 38.3 Å². The van der Waals surface area contributed by atoms with Crippen LogP contribution in [0.25, 0.3) is 10.8 Å². The average Bonchev–Trinajstić information content (AvgIpc) is 2.68. The van der Waals surface area contributed by atoms with Crippen molar-refractivity contribution in [3.05, 3.63) is 76.8 Å². The van der Waals surface area contributed by atoms with Gasteiger partial charge in [0.05, 0.1) is 13.0 Å². The highest BCUT2D eigenvalue weighted by molar-refractivity contribution is 6.30. The van der Waals surface area contributed by atoms with Gasteiger partial charge in [0.15, 0.2) is 0 Å². The molecule has 0 bridgehead atoms. The van der Waals surface area contributed by atoms with E-state index in [4.69, 9.17) is 16.3 Å². The summed E-state index contributed by atoms with van der Waals surface area (Å²) in [6.07, 6.45) is 0.785. The molecule has 0 aliphatic heterocycles. The molecule has 3 aromatic carbocycles. The molecule has 26 heavy (non-hydrogen) atoms. The summed E-state index contributed by atoms with van der Waals surface area (Å²) in [7, 11) is 1.66. The second-order valence-electron chi connectivity index (χ2n) is 6.36. The third-order valence-corrected chi connectivity index (χ3v) is 4.84. The Bertz CT molecular complexity index is 906. The fourth-order valence-electron chi connectivity index (χ4n) is 2.92. The number of amides is 1. The number of hydrogen-bond acceptors (Lipinski definition) is 2. The number of halogens is 1. The van der Waals surface area contributed by atoms with Gasteiger partial charge in [0.25, 0.3) is 0 Å². The van der Waals surface area contributed by atoms with Crippen LogP contribution in [0.3, 0.4) is 0 Å². The Kier molecular flexibility index (Phi) is 5.79. The zero-order valence-corrected chi connectivity index (χ0v) is 15.7. The maximum absolute atomic E-state index is 12.5. The minimum Gasteiger partial charge on any atom is -0.497 e. The maximum atomic E-state index is 12.5. The van der Waals surface area contributed by atoms with E-state index >= 15 is 0 Å². The van der Waals surface area contributed by atoms with Crippen LogP contribution >= 0.6 is 11.6 Å². The molecule has 1 amide bonds. The van der Waals surface area contributed by atoms with Gasteiger partial charge in [-0.05, 0) is 59.5 Å². The molecule has 0 radical (unpaired) electrons. The van der Waals surface area contributed by atoms with Crippen LogP contribution in [0.2, 0.25) is 5.02 Å². The second kappa shape index (κ2) is 8.24. The van der Waals surface area contributed by atoms with Crippen molar-refractivity contribution in [2.45, 2.75) is 19.3 Å². The average molecular weight is 368 g/mol. The van der Waals surface area contributed by atoms with E-state index in [1.165, 1.54) is 0 Å². The number of nitrogens with one attached hydrogen (secondary N) is 1. The number of carbonyl (C=O) groups excluding carboxylic acids is 1. The molecule has 0 aromatic heterocycles. The van der Waals surface area contributed by atoms with Gasteiger partial charge in [-0.3, -0.25) is 4.79 Å². The van der Waals surface area contributed by atoms with E-state index in [2.05, 4.69) is 11.4 Å². The number of methoxy groups -OCH3 is 1. The molecule has 3 rings (SSSR count). The molecule has 134 valence electrons. The van der Waals surface area contributed by atoms with Crippen LogP contribution < -0.4 is 10.1 Å². The summed E-state index contributed by atoms with van der Waals surface area (Å²) in [6.45, 7) is 2.54. The van der Waals surface area contributed by atoms with Crippen molar-refractivity contribution in [3.63, 3.8) is 0 Å².